The monoisotopic (exact) mass is 321 g/mol. The van der Waals surface area contributed by atoms with Gasteiger partial charge in [0.1, 0.15) is 11.6 Å². The highest BCUT2D eigenvalue weighted by Gasteiger charge is 2.06. The number of pyridine rings is 2. The van der Waals surface area contributed by atoms with Crippen molar-refractivity contribution in [1.82, 2.24) is 9.97 Å². The number of aromatic nitrogens is 2. The van der Waals surface area contributed by atoms with Gasteiger partial charge in [-0.15, -0.1) is 0 Å². The van der Waals surface area contributed by atoms with E-state index in [1.165, 1.54) is 0 Å². The lowest BCUT2D eigenvalue weighted by Crippen LogP contribution is -1.95. The van der Waals surface area contributed by atoms with E-state index in [4.69, 9.17) is 9.47 Å². The van der Waals surface area contributed by atoms with Crippen molar-refractivity contribution < 1.29 is 9.47 Å². The van der Waals surface area contributed by atoms with Crippen LogP contribution in [0.4, 0.5) is 11.5 Å². The number of methoxy groups -OCH3 is 1. The summed E-state index contributed by atoms with van der Waals surface area (Å²) < 4.78 is 11.0. The van der Waals surface area contributed by atoms with Gasteiger partial charge < -0.3 is 14.8 Å². The average molecular weight is 321 g/mol. The van der Waals surface area contributed by atoms with Crippen LogP contribution < -0.4 is 14.8 Å². The highest BCUT2D eigenvalue weighted by Crippen LogP contribution is 2.26. The van der Waals surface area contributed by atoms with Crippen LogP contribution in [-0.4, -0.2) is 17.1 Å². The third kappa shape index (κ3) is 3.81. The second-order valence-electron chi connectivity index (χ2n) is 5.45. The summed E-state index contributed by atoms with van der Waals surface area (Å²) in [7, 11) is 1.58. The van der Waals surface area contributed by atoms with Gasteiger partial charge in [-0.2, -0.15) is 4.98 Å². The molecule has 3 aromatic rings. The SMILES string of the molecule is COc1ccc(C)c(Oc2ccc(Nc3ccc(C)cn3)cc2)n1. The Balaban J connectivity index is 1.71. The summed E-state index contributed by atoms with van der Waals surface area (Å²) in [5.74, 6) is 2.58. The highest BCUT2D eigenvalue weighted by atomic mass is 16.5. The van der Waals surface area contributed by atoms with Gasteiger partial charge in [-0.25, -0.2) is 4.98 Å². The van der Waals surface area contributed by atoms with Crippen LogP contribution in [-0.2, 0) is 0 Å². The van der Waals surface area contributed by atoms with Gasteiger partial charge in [0, 0.05) is 23.5 Å². The van der Waals surface area contributed by atoms with Crippen LogP contribution in [0.1, 0.15) is 11.1 Å². The summed E-state index contributed by atoms with van der Waals surface area (Å²) in [4.78, 5) is 8.64. The lowest BCUT2D eigenvalue weighted by Gasteiger charge is -2.10. The number of rotatable bonds is 5. The minimum atomic E-state index is 0.527. The molecule has 5 nitrogen and oxygen atoms in total. The van der Waals surface area contributed by atoms with Crippen LogP contribution in [0, 0.1) is 13.8 Å². The van der Waals surface area contributed by atoms with Crippen LogP contribution in [0.2, 0.25) is 0 Å². The standard InChI is InChI=1S/C19H19N3O2/c1-13-4-10-17(20-12-13)21-15-6-8-16(9-7-15)24-19-14(2)5-11-18(22-19)23-3/h4-12H,1-3H3,(H,20,21). The molecule has 0 unspecified atom stereocenters. The zero-order chi connectivity index (χ0) is 16.9. The van der Waals surface area contributed by atoms with Gasteiger partial charge in [-0.05, 0) is 55.8 Å². The van der Waals surface area contributed by atoms with Gasteiger partial charge in [0.15, 0.2) is 0 Å². The van der Waals surface area contributed by atoms with Crippen molar-refractivity contribution in [1.29, 1.82) is 0 Å². The van der Waals surface area contributed by atoms with E-state index in [2.05, 4.69) is 15.3 Å². The van der Waals surface area contributed by atoms with E-state index in [1.807, 2.05) is 68.6 Å². The number of nitrogens with zero attached hydrogens (tertiary/aromatic N) is 2. The van der Waals surface area contributed by atoms with Crippen molar-refractivity contribution in [2.24, 2.45) is 0 Å². The molecular weight excluding hydrogens is 302 g/mol. The van der Waals surface area contributed by atoms with Crippen LogP contribution in [0.15, 0.2) is 54.7 Å². The predicted octanol–water partition coefficient (Wildman–Crippen LogP) is 4.64. The Bertz CT molecular complexity index is 815. The first kappa shape index (κ1) is 15.8. The fourth-order valence-electron chi connectivity index (χ4n) is 2.12. The molecule has 0 aliphatic rings. The smallest absolute Gasteiger partial charge is 0.225 e. The molecule has 0 spiro atoms. The van der Waals surface area contributed by atoms with E-state index in [-0.39, 0.29) is 0 Å². The summed E-state index contributed by atoms with van der Waals surface area (Å²) in [6.45, 7) is 3.96. The van der Waals surface area contributed by atoms with Gasteiger partial charge in [-0.1, -0.05) is 6.07 Å². The maximum Gasteiger partial charge on any atom is 0.225 e. The lowest BCUT2D eigenvalue weighted by atomic mass is 10.2. The molecule has 2 aromatic heterocycles. The van der Waals surface area contributed by atoms with Crippen molar-refractivity contribution in [2.75, 3.05) is 12.4 Å². The third-order valence-electron chi connectivity index (χ3n) is 3.49. The molecule has 0 aliphatic carbocycles. The largest absolute Gasteiger partial charge is 0.481 e. The summed E-state index contributed by atoms with van der Waals surface area (Å²) in [6, 6.07) is 15.3. The molecule has 0 atom stereocenters. The molecule has 24 heavy (non-hydrogen) atoms. The lowest BCUT2D eigenvalue weighted by molar-refractivity contribution is 0.382. The van der Waals surface area contributed by atoms with Crippen molar-refractivity contribution in [3.05, 3.63) is 65.9 Å². The number of aryl methyl sites for hydroxylation is 2. The number of hydrogen-bond donors (Lipinski definition) is 1. The molecule has 5 heteroatoms. The minimum Gasteiger partial charge on any atom is -0.481 e. The number of hydrogen-bond acceptors (Lipinski definition) is 5. The Kier molecular flexibility index (Phi) is 4.61. The number of ether oxygens (including phenoxy) is 2. The van der Waals surface area contributed by atoms with E-state index in [0.717, 1.165) is 22.6 Å². The Hall–Kier alpha value is -3.08. The summed E-state index contributed by atoms with van der Waals surface area (Å²) in [5, 5.41) is 3.25. The number of nitrogens with one attached hydrogen (secondary N) is 1. The fourth-order valence-corrected chi connectivity index (χ4v) is 2.12. The quantitative estimate of drug-likeness (QED) is 0.742. The van der Waals surface area contributed by atoms with Crippen LogP contribution in [0.3, 0.4) is 0 Å². The first-order chi connectivity index (χ1) is 11.6. The Labute approximate surface area is 141 Å². The number of benzene rings is 1. The fraction of sp³-hybridized carbons (Fsp3) is 0.158. The molecule has 0 radical (unpaired) electrons. The van der Waals surface area contributed by atoms with Gasteiger partial charge in [0.25, 0.3) is 0 Å². The molecule has 2 heterocycles. The molecular formula is C19H19N3O2. The third-order valence-corrected chi connectivity index (χ3v) is 3.49. The highest BCUT2D eigenvalue weighted by molar-refractivity contribution is 5.57. The van der Waals surface area contributed by atoms with Crippen LogP contribution in [0.5, 0.6) is 17.5 Å². The number of anilines is 2. The molecule has 0 fully saturated rings. The molecule has 1 N–H and O–H groups in total. The minimum absolute atomic E-state index is 0.527. The first-order valence-corrected chi connectivity index (χ1v) is 7.63. The van der Waals surface area contributed by atoms with Gasteiger partial charge >= 0.3 is 0 Å². The molecule has 122 valence electrons. The predicted molar refractivity (Wildman–Crippen MR) is 94.3 cm³/mol. The van der Waals surface area contributed by atoms with Crippen molar-refractivity contribution >= 4 is 11.5 Å². The Morgan fingerprint density at radius 2 is 1.71 bits per heavy atom. The Morgan fingerprint density at radius 1 is 0.917 bits per heavy atom. The molecule has 1 aromatic carbocycles. The van der Waals surface area contributed by atoms with Crippen LogP contribution >= 0.6 is 0 Å². The van der Waals surface area contributed by atoms with Gasteiger partial charge in [0.05, 0.1) is 7.11 Å². The molecule has 0 saturated heterocycles. The van der Waals surface area contributed by atoms with Crippen molar-refractivity contribution in [2.45, 2.75) is 13.8 Å². The maximum absolute atomic E-state index is 5.84. The van der Waals surface area contributed by atoms with E-state index < -0.39 is 0 Å². The molecule has 0 amide bonds. The van der Waals surface area contributed by atoms with E-state index in [0.29, 0.717) is 17.5 Å². The van der Waals surface area contributed by atoms with Crippen molar-refractivity contribution in [3.63, 3.8) is 0 Å². The van der Waals surface area contributed by atoms with Gasteiger partial charge in [-0.3, -0.25) is 0 Å². The maximum atomic E-state index is 5.84. The summed E-state index contributed by atoms with van der Waals surface area (Å²) in [6.07, 6.45) is 1.83. The second kappa shape index (κ2) is 7.00. The second-order valence-corrected chi connectivity index (χ2v) is 5.45. The zero-order valence-electron chi connectivity index (χ0n) is 13.9. The first-order valence-electron chi connectivity index (χ1n) is 7.63. The van der Waals surface area contributed by atoms with Crippen LogP contribution in [0.25, 0.3) is 0 Å². The van der Waals surface area contributed by atoms with E-state index in [1.54, 1.807) is 7.11 Å². The Morgan fingerprint density at radius 3 is 2.38 bits per heavy atom. The molecule has 3 rings (SSSR count). The molecule has 0 saturated carbocycles. The van der Waals surface area contributed by atoms with E-state index in [9.17, 15) is 0 Å². The van der Waals surface area contributed by atoms with E-state index >= 15 is 0 Å². The van der Waals surface area contributed by atoms with Gasteiger partial charge in [0.2, 0.25) is 11.8 Å². The summed E-state index contributed by atoms with van der Waals surface area (Å²) in [5.41, 5.74) is 3.02. The normalized spacial score (nSPS) is 10.3. The topological polar surface area (TPSA) is 56.3 Å². The average Bonchev–Trinajstić information content (AvgIpc) is 2.60. The molecule has 0 aliphatic heterocycles. The molecule has 0 bridgehead atoms. The zero-order valence-corrected chi connectivity index (χ0v) is 13.9. The van der Waals surface area contributed by atoms with Crippen molar-refractivity contribution in [3.8, 4) is 17.5 Å². The summed E-state index contributed by atoms with van der Waals surface area (Å²) >= 11 is 0.